The minimum absolute atomic E-state index is 0.0207. The van der Waals surface area contributed by atoms with E-state index >= 15 is 0 Å². The molecule has 0 saturated heterocycles. The van der Waals surface area contributed by atoms with Crippen LogP contribution >= 0.6 is 12.2 Å². The monoisotopic (exact) mass is 412 g/mol. The highest BCUT2D eigenvalue weighted by Gasteiger charge is 2.41. The van der Waals surface area contributed by atoms with E-state index in [1.54, 1.807) is 25.1 Å². The number of ether oxygens (including phenoxy) is 3. The number of carbonyl (C=O) groups is 1. The zero-order chi connectivity index (χ0) is 20.3. The van der Waals surface area contributed by atoms with Crippen molar-refractivity contribution in [3.8, 4) is 5.75 Å². The van der Waals surface area contributed by atoms with Gasteiger partial charge in [-0.25, -0.2) is 4.79 Å². The second kappa shape index (κ2) is 8.83. The minimum atomic E-state index is -2.98. The molecule has 0 aromatic heterocycles. The lowest BCUT2D eigenvalue weighted by Crippen LogP contribution is -2.48. The SMILES string of the molecule is COCCOC(=O)C1=C(C)N(C2CC2)C(=S)N[C@H]1c1ccccc1OC(F)F. The van der Waals surface area contributed by atoms with E-state index in [2.05, 4.69) is 10.1 Å². The van der Waals surface area contributed by atoms with Gasteiger partial charge in [-0.3, -0.25) is 0 Å². The molecule has 1 N–H and O–H groups in total. The number of rotatable bonds is 8. The highest BCUT2D eigenvalue weighted by atomic mass is 32.1. The van der Waals surface area contributed by atoms with Crippen molar-refractivity contribution in [2.45, 2.75) is 38.5 Å². The molecule has 1 atom stereocenters. The average Bonchev–Trinajstić information content (AvgIpc) is 3.46. The highest BCUT2D eigenvalue weighted by Crippen LogP contribution is 2.40. The van der Waals surface area contributed by atoms with E-state index in [1.165, 1.54) is 13.2 Å². The topological polar surface area (TPSA) is 60.0 Å². The number of allylic oxidation sites excluding steroid dienone is 1. The van der Waals surface area contributed by atoms with Gasteiger partial charge in [0.1, 0.15) is 12.4 Å². The molecule has 1 aromatic rings. The summed E-state index contributed by atoms with van der Waals surface area (Å²) in [4.78, 5) is 14.8. The Hall–Kier alpha value is -2.26. The second-order valence-corrected chi connectivity index (χ2v) is 6.91. The summed E-state index contributed by atoms with van der Waals surface area (Å²) < 4.78 is 40.6. The molecule has 28 heavy (non-hydrogen) atoms. The molecule has 1 heterocycles. The fourth-order valence-corrected chi connectivity index (χ4v) is 3.65. The van der Waals surface area contributed by atoms with Crippen LogP contribution in [-0.2, 0) is 14.3 Å². The number of esters is 1. The number of nitrogens with one attached hydrogen (secondary N) is 1. The van der Waals surface area contributed by atoms with Crippen molar-refractivity contribution in [1.29, 1.82) is 0 Å². The molecule has 3 rings (SSSR count). The van der Waals surface area contributed by atoms with Crippen molar-refractivity contribution in [3.63, 3.8) is 0 Å². The third kappa shape index (κ3) is 4.41. The summed E-state index contributed by atoms with van der Waals surface area (Å²) in [5, 5.41) is 3.56. The summed E-state index contributed by atoms with van der Waals surface area (Å²) in [6.45, 7) is -0.850. The van der Waals surface area contributed by atoms with E-state index in [9.17, 15) is 13.6 Å². The number of hydrogen-bond donors (Lipinski definition) is 1. The van der Waals surface area contributed by atoms with E-state index in [0.717, 1.165) is 12.8 Å². The van der Waals surface area contributed by atoms with Crippen molar-refractivity contribution in [3.05, 3.63) is 41.1 Å². The van der Waals surface area contributed by atoms with Crippen LogP contribution in [0.4, 0.5) is 8.78 Å². The molecule has 0 radical (unpaired) electrons. The highest BCUT2D eigenvalue weighted by molar-refractivity contribution is 7.80. The number of hydrogen-bond acceptors (Lipinski definition) is 5. The van der Waals surface area contributed by atoms with E-state index in [4.69, 9.17) is 21.7 Å². The van der Waals surface area contributed by atoms with Crippen LogP contribution < -0.4 is 10.1 Å². The molecule has 1 saturated carbocycles. The van der Waals surface area contributed by atoms with Crippen LogP contribution in [0.1, 0.15) is 31.4 Å². The van der Waals surface area contributed by atoms with Gasteiger partial charge in [0.25, 0.3) is 0 Å². The Morgan fingerprint density at radius 3 is 2.68 bits per heavy atom. The summed E-state index contributed by atoms with van der Waals surface area (Å²) in [5.41, 5.74) is 1.37. The zero-order valence-corrected chi connectivity index (χ0v) is 16.4. The first-order valence-electron chi connectivity index (χ1n) is 8.94. The summed E-state index contributed by atoms with van der Waals surface area (Å²) in [7, 11) is 1.51. The summed E-state index contributed by atoms with van der Waals surface area (Å²) >= 11 is 5.49. The van der Waals surface area contributed by atoms with Crippen LogP contribution in [0.3, 0.4) is 0 Å². The van der Waals surface area contributed by atoms with Gasteiger partial charge < -0.3 is 24.4 Å². The average molecular weight is 412 g/mol. The van der Waals surface area contributed by atoms with E-state index in [0.29, 0.717) is 21.9 Å². The maximum atomic E-state index is 12.9. The van der Waals surface area contributed by atoms with E-state index in [-0.39, 0.29) is 25.0 Å². The predicted molar refractivity (Wildman–Crippen MR) is 102 cm³/mol. The molecule has 0 bridgehead atoms. The number of alkyl halides is 2. The van der Waals surface area contributed by atoms with Gasteiger partial charge in [0.05, 0.1) is 18.2 Å². The maximum Gasteiger partial charge on any atom is 0.387 e. The largest absolute Gasteiger partial charge is 0.460 e. The maximum absolute atomic E-state index is 12.9. The molecule has 0 spiro atoms. The van der Waals surface area contributed by atoms with Crippen molar-refractivity contribution in [2.75, 3.05) is 20.3 Å². The van der Waals surface area contributed by atoms with E-state index in [1.807, 2.05) is 4.90 Å². The van der Waals surface area contributed by atoms with E-state index < -0.39 is 18.6 Å². The van der Waals surface area contributed by atoms with Gasteiger partial charge in [0.15, 0.2) is 5.11 Å². The van der Waals surface area contributed by atoms with Gasteiger partial charge in [-0.2, -0.15) is 8.78 Å². The van der Waals surface area contributed by atoms with Crippen molar-refractivity contribution >= 4 is 23.3 Å². The normalized spacial score (nSPS) is 19.7. The van der Waals surface area contributed by atoms with Gasteiger partial charge in [-0.05, 0) is 38.0 Å². The molecule has 9 heteroatoms. The van der Waals surface area contributed by atoms with Gasteiger partial charge in [-0.1, -0.05) is 18.2 Å². The molecule has 152 valence electrons. The van der Waals surface area contributed by atoms with Crippen molar-refractivity contribution < 1.29 is 27.8 Å². The Morgan fingerprint density at radius 1 is 1.32 bits per heavy atom. The quantitative estimate of drug-likeness (QED) is 0.400. The van der Waals surface area contributed by atoms with Crippen LogP contribution in [0.25, 0.3) is 0 Å². The van der Waals surface area contributed by atoms with Crippen LogP contribution in [0.2, 0.25) is 0 Å². The molecule has 1 aliphatic carbocycles. The van der Waals surface area contributed by atoms with Crippen LogP contribution in [0, 0.1) is 0 Å². The van der Waals surface area contributed by atoms with Gasteiger partial charge >= 0.3 is 12.6 Å². The first kappa shape index (κ1) is 20.5. The van der Waals surface area contributed by atoms with Gasteiger partial charge in [-0.15, -0.1) is 0 Å². The molecule has 1 fully saturated rings. The number of carbonyl (C=O) groups excluding carboxylic acids is 1. The smallest absolute Gasteiger partial charge is 0.387 e. The second-order valence-electron chi connectivity index (χ2n) is 6.53. The van der Waals surface area contributed by atoms with Crippen molar-refractivity contribution in [1.82, 2.24) is 10.2 Å². The zero-order valence-electron chi connectivity index (χ0n) is 15.6. The summed E-state index contributed by atoms with van der Waals surface area (Å²) in [6, 6.07) is 5.81. The van der Waals surface area contributed by atoms with Crippen LogP contribution in [-0.4, -0.2) is 49.0 Å². The van der Waals surface area contributed by atoms with Crippen LogP contribution in [0.5, 0.6) is 5.75 Å². The Morgan fingerprint density at radius 2 is 2.04 bits per heavy atom. The molecule has 2 aliphatic rings. The number of halogens is 2. The standard InChI is InChI=1S/C19H22F2N2O4S/c1-11-15(17(24)26-10-9-25-2)16(22-19(28)23(11)12-7-8-12)13-5-3-4-6-14(13)27-18(20)21/h3-6,12,16,18H,7-10H2,1-2H3,(H,22,28)/t16-/m0/s1. The number of thiocarbonyl (C=S) groups is 1. The summed E-state index contributed by atoms with van der Waals surface area (Å²) in [6.07, 6.45) is 1.95. The van der Waals surface area contributed by atoms with Gasteiger partial charge in [0, 0.05) is 24.4 Å². The molecule has 0 unspecified atom stereocenters. The number of para-hydroxylation sites is 1. The molecule has 1 aromatic carbocycles. The molecule has 0 amide bonds. The Labute approximate surface area is 167 Å². The third-order valence-electron chi connectivity index (χ3n) is 4.63. The number of benzene rings is 1. The molecular formula is C19H22F2N2O4S. The summed E-state index contributed by atoms with van der Waals surface area (Å²) in [5.74, 6) is -0.570. The molecular weight excluding hydrogens is 390 g/mol. The molecule has 1 aliphatic heterocycles. The fourth-order valence-electron chi connectivity index (χ4n) is 3.25. The van der Waals surface area contributed by atoms with Gasteiger partial charge in [0.2, 0.25) is 0 Å². The predicted octanol–water partition coefficient (Wildman–Crippen LogP) is 3.15. The first-order valence-corrected chi connectivity index (χ1v) is 9.35. The first-order chi connectivity index (χ1) is 13.4. The third-order valence-corrected chi connectivity index (χ3v) is 4.94. The Bertz CT molecular complexity index is 783. The number of nitrogens with zero attached hydrogens (tertiary/aromatic N) is 1. The fraction of sp³-hybridized carbons (Fsp3) is 0.474. The Kier molecular flexibility index (Phi) is 6.46. The molecule has 6 nitrogen and oxygen atoms in total. The van der Waals surface area contributed by atoms with Crippen LogP contribution in [0.15, 0.2) is 35.5 Å². The lowest BCUT2D eigenvalue weighted by Gasteiger charge is -2.38. The Balaban J connectivity index is 2.01. The lowest BCUT2D eigenvalue weighted by atomic mass is 9.94. The lowest BCUT2D eigenvalue weighted by molar-refractivity contribution is -0.140. The van der Waals surface area contributed by atoms with Crippen molar-refractivity contribution in [2.24, 2.45) is 0 Å². The minimum Gasteiger partial charge on any atom is -0.460 e. The number of methoxy groups -OCH3 is 1.